The highest BCUT2D eigenvalue weighted by Gasteiger charge is 2.13. The summed E-state index contributed by atoms with van der Waals surface area (Å²) in [5.41, 5.74) is 0.285. The normalized spacial score (nSPS) is 14.3. The summed E-state index contributed by atoms with van der Waals surface area (Å²) in [6, 6.07) is 0. The molecule has 1 aliphatic heterocycles. The number of rotatable bonds is 10. The van der Waals surface area contributed by atoms with Gasteiger partial charge in [0.15, 0.2) is 0 Å². The van der Waals surface area contributed by atoms with Crippen LogP contribution in [0, 0.1) is 0 Å². The molecule has 0 atom stereocenters. The summed E-state index contributed by atoms with van der Waals surface area (Å²) in [6.07, 6.45) is 2.34. The third kappa shape index (κ3) is 8.97. The van der Waals surface area contributed by atoms with Crippen LogP contribution in [0.3, 0.4) is 0 Å². The molecule has 1 fully saturated rings. The molecule has 1 aliphatic rings. The van der Waals surface area contributed by atoms with E-state index in [1.54, 1.807) is 0 Å². The largest absolute Gasteiger partial charge is 0.464 e. The van der Waals surface area contributed by atoms with Crippen LogP contribution in [0.5, 0.6) is 0 Å². The molecular formula is C16H25NO6. The summed E-state index contributed by atoms with van der Waals surface area (Å²) in [4.78, 5) is 36.2. The van der Waals surface area contributed by atoms with Crippen molar-refractivity contribution in [3.63, 3.8) is 0 Å². The van der Waals surface area contributed by atoms with Crippen molar-refractivity contribution in [1.82, 2.24) is 4.90 Å². The van der Waals surface area contributed by atoms with Gasteiger partial charge in [-0.3, -0.25) is 14.5 Å². The Balaban J connectivity index is 1.98. The van der Waals surface area contributed by atoms with Crippen LogP contribution in [0.1, 0.15) is 32.6 Å². The van der Waals surface area contributed by atoms with Gasteiger partial charge >= 0.3 is 17.9 Å². The number of ether oxygens (including phenoxy) is 3. The van der Waals surface area contributed by atoms with Crippen molar-refractivity contribution in [2.24, 2.45) is 0 Å². The first-order chi connectivity index (χ1) is 11.0. The van der Waals surface area contributed by atoms with E-state index < -0.39 is 17.9 Å². The predicted octanol–water partition coefficient (Wildman–Crippen LogP) is 1.07. The van der Waals surface area contributed by atoms with Crippen LogP contribution >= 0.6 is 0 Å². The van der Waals surface area contributed by atoms with Gasteiger partial charge in [-0.25, -0.2) is 4.79 Å². The number of carbonyl (C=O) groups excluding carboxylic acids is 3. The van der Waals surface area contributed by atoms with Crippen molar-refractivity contribution < 1.29 is 28.6 Å². The zero-order chi connectivity index (χ0) is 17.1. The van der Waals surface area contributed by atoms with E-state index in [9.17, 15) is 14.4 Å². The maximum Gasteiger partial charge on any atom is 0.333 e. The number of likely N-dealkylation sites (tertiary alicyclic amines) is 1. The molecule has 23 heavy (non-hydrogen) atoms. The van der Waals surface area contributed by atoms with Crippen LogP contribution in [0.25, 0.3) is 0 Å². The summed E-state index contributed by atoms with van der Waals surface area (Å²) in [7, 11) is 0. The number of carbonyl (C=O) groups is 3. The van der Waals surface area contributed by atoms with E-state index in [-0.39, 0.29) is 31.6 Å². The molecule has 0 amide bonds. The van der Waals surface area contributed by atoms with Crippen LogP contribution < -0.4 is 0 Å². The number of nitrogens with zero attached hydrogens (tertiary/aromatic N) is 1. The molecule has 130 valence electrons. The van der Waals surface area contributed by atoms with Crippen molar-refractivity contribution in [3.8, 4) is 0 Å². The average Bonchev–Trinajstić information content (AvgIpc) is 3.02. The maximum atomic E-state index is 11.5. The van der Waals surface area contributed by atoms with E-state index in [1.165, 1.54) is 19.8 Å². The van der Waals surface area contributed by atoms with Crippen LogP contribution in [0.15, 0.2) is 12.2 Å². The zero-order valence-corrected chi connectivity index (χ0v) is 13.7. The third-order valence-corrected chi connectivity index (χ3v) is 3.33. The highest BCUT2D eigenvalue weighted by atomic mass is 16.6. The van der Waals surface area contributed by atoms with Crippen molar-refractivity contribution in [2.75, 3.05) is 39.5 Å². The van der Waals surface area contributed by atoms with Crippen LogP contribution in [0.2, 0.25) is 0 Å². The molecule has 0 radical (unpaired) electrons. The summed E-state index contributed by atoms with van der Waals surface area (Å²) in [5, 5.41) is 0. The highest BCUT2D eigenvalue weighted by Crippen LogP contribution is 2.06. The molecule has 0 unspecified atom stereocenters. The van der Waals surface area contributed by atoms with E-state index in [0.717, 1.165) is 19.6 Å². The molecule has 0 aliphatic carbocycles. The lowest BCUT2D eigenvalue weighted by molar-refractivity contribution is -0.153. The molecule has 7 heteroatoms. The third-order valence-electron chi connectivity index (χ3n) is 3.33. The Morgan fingerprint density at radius 2 is 1.43 bits per heavy atom. The van der Waals surface area contributed by atoms with Gasteiger partial charge in [0.1, 0.15) is 19.8 Å². The van der Waals surface area contributed by atoms with Gasteiger partial charge in [-0.15, -0.1) is 0 Å². The van der Waals surface area contributed by atoms with Crippen LogP contribution in [0.4, 0.5) is 0 Å². The second-order valence-electron chi connectivity index (χ2n) is 5.41. The minimum atomic E-state index is -0.525. The first kappa shape index (κ1) is 19.2. The summed E-state index contributed by atoms with van der Waals surface area (Å²) < 4.78 is 14.7. The Labute approximate surface area is 136 Å². The molecule has 0 saturated carbocycles. The molecular weight excluding hydrogens is 302 g/mol. The monoisotopic (exact) mass is 327 g/mol. The smallest absolute Gasteiger partial charge is 0.333 e. The second kappa shape index (κ2) is 10.8. The van der Waals surface area contributed by atoms with Crippen LogP contribution in [-0.4, -0.2) is 62.3 Å². The molecule has 0 aromatic rings. The van der Waals surface area contributed by atoms with Gasteiger partial charge in [-0.05, 0) is 32.9 Å². The van der Waals surface area contributed by atoms with Gasteiger partial charge in [-0.1, -0.05) is 6.58 Å². The van der Waals surface area contributed by atoms with Gasteiger partial charge in [0.25, 0.3) is 0 Å². The van der Waals surface area contributed by atoms with Gasteiger partial charge in [0, 0.05) is 12.1 Å². The lowest BCUT2D eigenvalue weighted by atomic mass is 10.3. The van der Waals surface area contributed by atoms with E-state index in [4.69, 9.17) is 14.2 Å². The lowest BCUT2D eigenvalue weighted by Crippen LogP contribution is -2.25. The summed E-state index contributed by atoms with van der Waals surface area (Å²) >= 11 is 0. The fourth-order valence-electron chi connectivity index (χ4n) is 2.06. The quantitative estimate of drug-likeness (QED) is 0.257. The fourth-order valence-corrected chi connectivity index (χ4v) is 2.06. The Morgan fingerprint density at radius 1 is 0.913 bits per heavy atom. The molecule has 0 spiro atoms. The van der Waals surface area contributed by atoms with Gasteiger partial charge in [0.2, 0.25) is 0 Å². The number of hydrogen-bond donors (Lipinski definition) is 0. The van der Waals surface area contributed by atoms with E-state index in [2.05, 4.69) is 11.5 Å². The zero-order valence-electron chi connectivity index (χ0n) is 13.7. The topological polar surface area (TPSA) is 82.1 Å². The number of hydrogen-bond acceptors (Lipinski definition) is 7. The molecule has 0 bridgehead atoms. The van der Waals surface area contributed by atoms with Gasteiger partial charge in [0.05, 0.1) is 12.8 Å². The fraction of sp³-hybridized carbons (Fsp3) is 0.688. The van der Waals surface area contributed by atoms with Gasteiger partial charge < -0.3 is 14.2 Å². The maximum absolute atomic E-state index is 11.5. The van der Waals surface area contributed by atoms with E-state index in [1.807, 2.05) is 0 Å². The number of esters is 3. The first-order valence-corrected chi connectivity index (χ1v) is 7.85. The highest BCUT2D eigenvalue weighted by molar-refractivity contribution is 5.86. The Morgan fingerprint density at radius 3 is 2.00 bits per heavy atom. The molecule has 0 aromatic heterocycles. The lowest BCUT2D eigenvalue weighted by Gasteiger charge is -2.14. The van der Waals surface area contributed by atoms with Gasteiger partial charge in [-0.2, -0.15) is 0 Å². The summed E-state index contributed by atoms with van der Waals surface area (Å²) in [6.45, 7) is 8.10. The minimum absolute atomic E-state index is 0.00954. The van der Waals surface area contributed by atoms with Crippen molar-refractivity contribution in [1.29, 1.82) is 0 Å². The van der Waals surface area contributed by atoms with Crippen molar-refractivity contribution >= 4 is 17.9 Å². The summed E-state index contributed by atoms with van der Waals surface area (Å²) in [5.74, 6) is -1.45. The molecule has 1 rings (SSSR count). The second-order valence-corrected chi connectivity index (χ2v) is 5.41. The van der Waals surface area contributed by atoms with Crippen molar-refractivity contribution in [3.05, 3.63) is 12.2 Å². The molecule has 1 heterocycles. The Bertz CT molecular complexity index is 428. The van der Waals surface area contributed by atoms with Crippen LogP contribution in [-0.2, 0) is 28.6 Å². The van der Waals surface area contributed by atoms with E-state index >= 15 is 0 Å². The standard InChI is InChI=1S/C16H25NO6/c1-13(2)16(20)23-12-11-22-15(19)6-5-14(18)21-10-9-17-7-3-4-8-17/h1,3-12H2,2H3. The SMILES string of the molecule is C=C(C)C(=O)OCCOC(=O)CCC(=O)OCCN1CCCC1. The molecule has 0 aromatic carbocycles. The van der Waals surface area contributed by atoms with E-state index in [0.29, 0.717) is 6.61 Å². The first-order valence-electron chi connectivity index (χ1n) is 7.85. The predicted molar refractivity (Wildman–Crippen MR) is 82.6 cm³/mol. The minimum Gasteiger partial charge on any atom is -0.464 e. The molecule has 1 saturated heterocycles. The molecule has 7 nitrogen and oxygen atoms in total. The average molecular weight is 327 g/mol. The van der Waals surface area contributed by atoms with Crippen molar-refractivity contribution in [2.45, 2.75) is 32.6 Å². The Kier molecular flexibility index (Phi) is 8.97. The molecule has 0 N–H and O–H groups in total. The Hall–Kier alpha value is -1.89.